The molecule has 0 aromatic heterocycles. The third-order valence-electron chi connectivity index (χ3n) is 11.3. The van der Waals surface area contributed by atoms with Crippen LogP contribution in [-0.2, 0) is 23.9 Å². The number of amides is 2. The number of esters is 1. The summed E-state index contributed by atoms with van der Waals surface area (Å²) in [4.78, 5) is 47.7. The van der Waals surface area contributed by atoms with Gasteiger partial charge in [-0.25, -0.2) is 4.79 Å². The smallest absolute Gasteiger partial charge is 0.328 e. The Bertz CT molecular complexity index is 988. The predicted molar refractivity (Wildman–Crippen MR) is 241 cm³/mol. The number of aliphatic hydroxyl groups excluding tert-OH is 1. The number of carboxylic acids is 1. The Kier molecular flexibility index (Phi) is 42.3. The summed E-state index contributed by atoms with van der Waals surface area (Å²) >= 11 is 0. The van der Waals surface area contributed by atoms with Crippen molar-refractivity contribution < 1.29 is 34.1 Å². The quantitative estimate of drug-likeness (QED) is 0.0272. The van der Waals surface area contributed by atoms with Gasteiger partial charge >= 0.3 is 11.9 Å². The predicted octanol–water partition coefficient (Wildman–Crippen LogP) is 12.6. The van der Waals surface area contributed by atoms with E-state index in [4.69, 9.17) is 14.9 Å². The van der Waals surface area contributed by atoms with E-state index in [0.717, 1.165) is 70.6 Å². The first kappa shape index (κ1) is 55.6. The van der Waals surface area contributed by atoms with Crippen molar-refractivity contribution in [2.45, 2.75) is 264 Å². The van der Waals surface area contributed by atoms with E-state index >= 15 is 0 Å². The van der Waals surface area contributed by atoms with Crippen molar-refractivity contribution in [3.05, 3.63) is 12.2 Å². The molecule has 0 saturated carbocycles. The molecule has 0 radical (unpaired) electrons. The highest BCUT2D eigenvalue weighted by molar-refractivity contribution is 5.87. The van der Waals surface area contributed by atoms with E-state index in [1.54, 1.807) is 0 Å². The van der Waals surface area contributed by atoms with Gasteiger partial charge in [-0.3, -0.25) is 14.4 Å². The van der Waals surface area contributed by atoms with Gasteiger partial charge in [0.25, 0.3) is 0 Å². The maximum atomic E-state index is 12.8. The first-order valence-corrected chi connectivity index (χ1v) is 24.6. The summed E-state index contributed by atoms with van der Waals surface area (Å²) in [5.41, 5.74) is 0. The lowest BCUT2D eigenvalue weighted by Gasteiger charge is -2.18. The average Bonchev–Trinajstić information content (AvgIpc) is 3.21. The molecule has 0 saturated heterocycles. The first-order valence-electron chi connectivity index (χ1n) is 24.6. The Morgan fingerprint density at radius 3 is 1.31 bits per heavy atom. The first-order chi connectivity index (χ1) is 28.3. The van der Waals surface area contributed by atoms with Crippen LogP contribution in [0.15, 0.2) is 12.2 Å². The van der Waals surface area contributed by atoms with Crippen LogP contribution in [0.3, 0.4) is 0 Å². The number of aliphatic carboxylic acids is 1. The minimum absolute atomic E-state index is 0.0233. The van der Waals surface area contributed by atoms with E-state index in [2.05, 4.69) is 36.6 Å². The number of carbonyl (C=O) groups excluding carboxylic acids is 3. The molecule has 0 bridgehead atoms. The molecular formula is C49H92N2O7. The monoisotopic (exact) mass is 821 g/mol. The minimum atomic E-state index is -1.38. The van der Waals surface area contributed by atoms with Crippen molar-refractivity contribution in [3.8, 4) is 0 Å². The molecule has 0 aliphatic carbocycles. The van der Waals surface area contributed by atoms with Crippen LogP contribution in [-0.4, -0.2) is 59.3 Å². The largest absolute Gasteiger partial charge is 0.480 e. The highest BCUT2D eigenvalue weighted by Crippen LogP contribution is 2.19. The molecule has 9 heteroatoms. The van der Waals surface area contributed by atoms with E-state index in [1.807, 2.05) is 0 Å². The Labute approximate surface area is 356 Å². The summed E-state index contributed by atoms with van der Waals surface area (Å²) in [6, 6.07) is -1.38. The van der Waals surface area contributed by atoms with Crippen LogP contribution in [0.25, 0.3) is 0 Å². The fraction of sp³-hybridized carbons (Fsp3) is 0.878. The zero-order valence-corrected chi connectivity index (χ0v) is 37.8. The molecule has 4 N–H and O–H groups in total. The van der Waals surface area contributed by atoms with Gasteiger partial charge in [0.05, 0.1) is 13.2 Å². The van der Waals surface area contributed by atoms with Gasteiger partial charge in [0, 0.05) is 12.8 Å². The Balaban J connectivity index is 4.32. The maximum absolute atomic E-state index is 12.8. The maximum Gasteiger partial charge on any atom is 0.328 e. The molecule has 2 atom stereocenters. The molecule has 58 heavy (non-hydrogen) atoms. The summed E-state index contributed by atoms with van der Waals surface area (Å²) in [6.07, 6.45) is 48.1. The van der Waals surface area contributed by atoms with Crippen LogP contribution >= 0.6 is 0 Å². The second-order valence-electron chi connectivity index (χ2n) is 16.9. The summed E-state index contributed by atoms with van der Waals surface area (Å²) in [5, 5.41) is 22.6. The van der Waals surface area contributed by atoms with E-state index < -0.39 is 24.5 Å². The van der Waals surface area contributed by atoms with Gasteiger partial charge in [-0.15, -0.1) is 0 Å². The lowest BCUT2D eigenvalue weighted by Crippen LogP contribution is -2.47. The molecular weight excluding hydrogens is 729 g/mol. The second-order valence-corrected chi connectivity index (χ2v) is 16.9. The lowest BCUT2D eigenvalue weighted by atomic mass is 10.0. The van der Waals surface area contributed by atoms with Gasteiger partial charge in [-0.1, -0.05) is 187 Å². The number of rotatable bonds is 45. The van der Waals surface area contributed by atoms with Crippen molar-refractivity contribution in [2.75, 3.05) is 13.2 Å². The third-order valence-corrected chi connectivity index (χ3v) is 11.3. The standard InChI is InChI=1S/C49H92N2O7/c1-3-5-7-9-11-13-15-17-19-21-23-25-27-30-34-38-44(39-35-31-29-32-36-40-46(53)50-42-47(54)51-45(43-52)49(56)57)58-48(55)41-37-33-28-26-24-22-20-18-16-14-12-10-8-6-4-2/h21,23,44-45,52H,3-20,22,24-43H2,1-2H3,(H,50,53)(H,51,54)(H,56,57)/b23-21-. The van der Waals surface area contributed by atoms with Crippen LogP contribution in [0.1, 0.15) is 251 Å². The Hall–Kier alpha value is -2.42. The number of carbonyl (C=O) groups is 4. The van der Waals surface area contributed by atoms with Crippen LogP contribution in [0.2, 0.25) is 0 Å². The van der Waals surface area contributed by atoms with Crippen molar-refractivity contribution in [1.29, 1.82) is 0 Å². The molecule has 340 valence electrons. The van der Waals surface area contributed by atoms with E-state index in [-0.39, 0.29) is 24.5 Å². The minimum Gasteiger partial charge on any atom is -0.480 e. The van der Waals surface area contributed by atoms with Crippen LogP contribution in [0.4, 0.5) is 0 Å². The number of carboxylic acid groups (broad SMARTS) is 1. The van der Waals surface area contributed by atoms with Gasteiger partial charge in [0.15, 0.2) is 0 Å². The molecule has 0 rings (SSSR count). The molecule has 2 unspecified atom stereocenters. The number of allylic oxidation sites excluding steroid dienone is 2. The van der Waals surface area contributed by atoms with Gasteiger partial charge in [0.1, 0.15) is 12.1 Å². The second kappa shape index (κ2) is 44.1. The molecule has 2 amide bonds. The van der Waals surface area contributed by atoms with Gasteiger partial charge in [-0.05, 0) is 64.2 Å². The van der Waals surface area contributed by atoms with Crippen LogP contribution in [0, 0.1) is 0 Å². The van der Waals surface area contributed by atoms with E-state index in [0.29, 0.717) is 19.3 Å². The molecule has 0 aromatic rings. The summed E-state index contributed by atoms with van der Waals surface area (Å²) in [6.45, 7) is 3.51. The van der Waals surface area contributed by atoms with Gasteiger partial charge in [0.2, 0.25) is 11.8 Å². The SMILES string of the molecule is CCCCCCCCCC/C=C\CCCCCC(CCCCCCCC(=O)NCC(=O)NC(CO)C(=O)O)OC(=O)CCCCCCCCCCCCCCCCC. The zero-order valence-electron chi connectivity index (χ0n) is 37.8. The number of ether oxygens (including phenoxy) is 1. The molecule has 0 spiro atoms. The van der Waals surface area contributed by atoms with E-state index in [1.165, 1.54) is 148 Å². The summed E-state index contributed by atoms with van der Waals surface area (Å²) < 4.78 is 6.05. The van der Waals surface area contributed by atoms with Crippen molar-refractivity contribution >= 4 is 23.8 Å². The Morgan fingerprint density at radius 1 is 0.500 bits per heavy atom. The van der Waals surface area contributed by atoms with Crippen molar-refractivity contribution in [3.63, 3.8) is 0 Å². The number of hydrogen-bond acceptors (Lipinski definition) is 6. The van der Waals surface area contributed by atoms with E-state index in [9.17, 15) is 19.2 Å². The number of unbranched alkanes of at least 4 members (excludes halogenated alkanes) is 29. The number of hydrogen-bond donors (Lipinski definition) is 4. The molecule has 9 nitrogen and oxygen atoms in total. The van der Waals surface area contributed by atoms with Gasteiger partial charge in [-0.2, -0.15) is 0 Å². The van der Waals surface area contributed by atoms with Crippen LogP contribution in [0.5, 0.6) is 0 Å². The number of nitrogens with one attached hydrogen (secondary N) is 2. The summed E-state index contributed by atoms with van der Waals surface area (Å²) in [7, 11) is 0. The highest BCUT2D eigenvalue weighted by Gasteiger charge is 2.19. The van der Waals surface area contributed by atoms with Gasteiger partial charge < -0.3 is 25.6 Å². The van der Waals surface area contributed by atoms with Crippen molar-refractivity contribution in [1.82, 2.24) is 10.6 Å². The molecule has 0 aromatic carbocycles. The van der Waals surface area contributed by atoms with Crippen LogP contribution < -0.4 is 10.6 Å². The normalized spacial score (nSPS) is 12.5. The molecule has 0 fully saturated rings. The van der Waals surface area contributed by atoms with Crippen molar-refractivity contribution in [2.24, 2.45) is 0 Å². The average molecular weight is 821 g/mol. The fourth-order valence-electron chi connectivity index (χ4n) is 7.48. The molecule has 0 aliphatic heterocycles. The fourth-order valence-corrected chi connectivity index (χ4v) is 7.48. The molecule has 0 heterocycles. The highest BCUT2D eigenvalue weighted by atomic mass is 16.5. The Morgan fingerprint density at radius 2 is 0.879 bits per heavy atom. The summed E-state index contributed by atoms with van der Waals surface area (Å²) in [5.74, 6) is -2.28. The third kappa shape index (κ3) is 40.4. The molecule has 0 aliphatic rings. The lowest BCUT2D eigenvalue weighted by molar-refractivity contribution is -0.150. The number of aliphatic hydroxyl groups is 1. The zero-order chi connectivity index (χ0) is 42.6. The topological polar surface area (TPSA) is 142 Å².